The molecule has 2 aromatic carbocycles. The third-order valence-corrected chi connectivity index (χ3v) is 6.28. The van der Waals surface area contributed by atoms with Crippen molar-refractivity contribution in [3.63, 3.8) is 0 Å². The van der Waals surface area contributed by atoms with Crippen LogP contribution in [-0.4, -0.2) is 34.5 Å². The molecule has 2 aliphatic rings. The molecule has 5 rings (SSSR count). The Kier molecular flexibility index (Phi) is 6.04. The van der Waals surface area contributed by atoms with E-state index in [9.17, 15) is 4.39 Å². The van der Waals surface area contributed by atoms with Crippen molar-refractivity contribution in [2.24, 2.45) is 0 Å². The summed E-state index contributed by atoms with van der Waals surface area (Å²) in [6.45, 7) is 6.64. The summed E-state index contributed by atoms with van der Waals surface area (Å²) in [6, 6.07) is 14.8. The Morgan fingerprint density at radius 3 is 2.41 bits per heavy atom. The molecule has 6 heteroatoms. The Morgan fingerprint density at radius 2 is 1.66 bits per heavy atom. The molecule has 3 heterocycles. The van der Waals surface area contributed by atoms with Crippen LogP contribution in [0.3, 0.4) is 0 Å². The summed E-state index contributed by atoms with van der Waals surface area (Å²) < 4.78 is 19.6. The molecule has 1 fully saturated rings. The lowest BCUT2D eigenvalue weighted by molar-refractivity contribution is 0.238. The third-order valence-electron chi connectivity index (χ3n) is 6.28. The number of rotatable bonds is 5. The van der Waals surface area contributed by atoms with E-state index in [1.54, 1.807) is 12.1 Å². The molecular weight excluding hydrogens is 403 g/mol. The van der Waals surface area contributed by atoms with Crippen LogP contribution in [-0.2, 0) is 19.5 Å². The number of hydrogen-bond acceptors (Lipinski definition) is 5. The third kappa shape index (κ3) is 4.75. The van der Waals surface area contributed by atoms with Crippen LogP contribution in [0.4, 0.5) is 10.3 Å². The predicted octanol–water partition coefficient (Wildman–Crippen LogP) is 5.27. The van der Waals surface area contributed by atoms with Gasteiger partial charge in [0, 0.05) is 39.1 Å². The fourth-order valence-corrected chi connectivity index (χ4v) is 4.45. The van der Waals surface area contributed by atoms with Gasteiger partial charge in [0.2, 0.25) is 11.8 Å². The summed E-state index contributed by atoms with van der Waals surface area (Å²) >= 11 is 0. The zero-order valence-electron chi connectivity index (χ0n) is 18.6. The van der Waals surface area contributed by atoms with Crippen molar-refractivity contribution in [2.45, 2.75) is 45.7 Å². The zero-order valence-corrected chi connectivity index (χ0v) is 18.6. The minimum absolute atomic E-state index is 0.277. The first kappa shape index (κ1) is 20.9. The molecular formula is C26H29FN4O. The molecule has 0 atom stereocenters. The summed E-state index contributed by atoms with van der Waals surface area (Å²) in [5.41, 5.74) is 4.67. The van der Waals surface area contributed by atoms with Crippen LogP contribution >= 0.6 is 0 Å². The van der Waals surface area contributed by atoms with Crippen LogP contribution in [0.5, 0.6) is 11.6 Å². The first-order valence-corrected chi connectivity index (χ1v) is 11.5. The maximum Gasteiger partial charge on any atom is 0.228 e. The van der Waals surface area contributed by atoms with Crippen molar-refractivity contribution < 1.29 is 9.13 Å². The van der Waals surface area contributed by atoms with E-state index in [-0.39, 0.29) is 5.82 Å². The monoisotopic (exact) mass is 432 g/mol. The number of ether oxygens (including phenoxy) is 1. The van der Waals surface area contributed by atoms with Crippen molar-refractivity contribution >= 4 is 5.95 Å². The molecule has 166 valence electrons. The van der Waals surface area contributed by atoms with Crippen LogP contribution in [0, 0.1) is 12.7 Å². The van der Waals surface area contributed by atoms with Crippen LogP contribution in [0.25, 0.3) is 0 Å². The Labute approximate surface area is 188 Å². The number of piperidine rings is 1. The molecule has 32 heavy (non-hydrogen) atoms. The number of aromatic nitrogens is 2. The van der Waals surface area contributed by atoms with Crippen LogP contribution in [0.2, 0.25) is 0 Å². The Hall–Kier alpha value is -2.99. The molecule has 5 nitrogen and oxygen atoms in total. The summed E-state index contributed by atoms with van der Waals surface area (Å²) in [7, 11) is 0. The highest BCUT2D eigenvalue weighted by atomic mass is 19.1. The zero-order chi connectivity index (χ0) is 21.9. The highest BCUT2D eigenvalue weighted by molar-refractivity contribution is 5.44. The summed E-state index contributed by atoms with van der Waals surface area (Å²) in [6.07, 6.45) is 4.45. The van der Waals surface area contributed by atoms with E-state index in [2.05, 4.69) is 41.0 Å². The maximum absolute atomic E-state index is 13.4. The van der Waals surface area contributed by atoms with Gasteiger partial charge in [0.1, 0.15) is 11.6 Å². The van der Waals surface area contributed by atoms with Crippen molar-refractivity contribution in [1.29, 1.82) is 0 Å². The van der Waals surface area contributed by atoms with E-state index in [1.807, 2.05) is 0 Å². The van der Waals surface area contributed by atoms with E-state index in [0.717, 1.165) is 56.4 Å². The first-order chi connectivity index (χ1) is 15.6. The lowest BCUT2D eigenvalue weighted by atomic mass is 10.0. The Morgan fingerprint density at radius 1 is 0.906 bits per heavy atom. The maximum atomic E-state index is 13.4. The fourth-order valence-electron chi connectivity index (χ4n) is 4.45. The van der Waals surface area contributed by atoms with Crippen LogP contribution < -0.4 is 9.64 Å². The van der Waals surface area contributed by atoms with E-state index < -0.39 is 0 Å². The molecule has 0 unspecified atom stereocenters. The number of benzene rings is 2. The molecule has 0 N–H and O–H groups in total. The van der Waals surface area contributed by atoms with Gasteiger partial charge in [-0.25, -0.2) is 9.37 Å². The van der Waals surface area contributed by atoms with Gasteiger partial charge in [-0.1, -0.05) is 29.8 Å². The molecule has 0 bridgehead atoms. The first-order valence-electron chi connectivity index (χ1n) is 11.5. The van der Waals surface area contributed by atoms with E-state index >= 15 is 0 Å². The molecule has 0 saturated carbocycles. The molecule has 0 radical (unpaired) electrons. The average Bonchev–Trinajstić information content (AvgIpc) is 2.83. The SMILES string of the molecule is Cc1ccc(CN2CCc3nc(N4CCCCC4)nc(Oc4ccc(F)cc4)c3C2)cc1. The van der Waals surface area contributed by atoms with E-state index in [1.165, 1.54) is 42.5 Å². The highest BCUT2D eigenvalue weighted by Crippen LogP contribution is 2.32. The van der Waals surface area contributed by atoms with Gasteiger partial charge in [-0.05, 0) is 56.0 Å². The second-order valence-corrected chi connectivity index (χ2v) is 8.80. The molecule has 0 spiro atoms. The molecule has 1 aromatic heterocycles. The molecule has 0 amide bonds. The number of hydrogen-bond donors (Lipinski definition) is 0. The molecule has 1 saturated heterocycles. The fraction of sp³-hybridized carbons (Fsp3) is 0.385. The second-order valence-electron chi connectivity index (χ2n) is 8.80. The van der Waals surface area contributed by atoms with Crippen molar-refractivity contribution in [1.82, 2.24) is 14.9 Å². The number of nitrogens with zero attached hydrogens (tertiary/aromatic N) is 4. The summed E-state index contributed by atoms with van der Waals surface area (Å²) in [5.74, 6) is 1.66. The Bertz CT molecular complexity index is 1060. The van der Waals surface area contributed by atoms with E-state index in [0.29, 0.717) is 11.6 Å². The second kappa shape index (κ2) is 9.25. The van der Waals surface area contributed by atoms with Gasteiger partial charge >= 0.3 is 0 Å². The van der Waals surface area contributed by atoms with E-state index in [4.69, 9.17) is 14.7 Å². The van der Waals surface area contributed by atoms with Crippen LogP contribution in [0.1, 0.15) is 41.6 Å². The predicted molar refractivity (Wildman–Crippen MR) is 124 cm³/mol. The van der Waals surface area contributed by atoms with Gasteiger partial charge in [0.05, 0.1) is 11.3 Å². The topological polar surface area (TPSA) is 41.5 Å². The number of fused-ring (bicyclic) bond motifs is 1. The van der Waals surface area contributed by atoms with Gasteiger partial charge in [-0.15, -0.1) is 0 Å². The smallest absolute Gasteiger partial charge is 0.228 e. The number of halogens is 1. The lowest BCUT2D eigenvalue weighted by Crippen LogP contribution is -2.34. The number of anilines is 1. The largest absolute Gasteiger partial charge is 0.438 e. The minimum atomic E-state index is -0.277. The minimum Gasteiger partial charge on any atom is -0.438 e. The van der Waals surface area contributed by atoms with Crippen molar-refractivity contribution in [2.75, 3.05) is 24.5 Å². The van der Waals surface area contributed by atoms with Crippen LogP contribution in [0.15, 0.2) is 48.5 Å². The number of aryl methyl sites for hydroxylation is 1. The Balaban J connectivity index is 1.44. The van der Waals surface area contributed by atoms with Gasteiger partial charge in [-0.2, -0.15) is 4.98 Å². The van der Waals surface area contributed by atoms with Gasteiger partial charge < -0.3 is 9.64 Å². The molecule has 2 aliphatic heterocycles. The van der Waals surface area contributed by atoms with Gasteiger partial charge in [0.25, 0.3) is 0 Å². The average molecular weight is 433 g/mol. The normalized spacial score (nSPS) is 16.6. The molecule has 0 aliphatic carbocycles. The summed E-state index contributed by atoms with van der Waals surface area (Å²) in [4.78, 5) is 14.5. The van der Waals surface area contributed by atoms with Crippen molar-refractivity contribution in [3.05, 3.63) is 76.7 Å². The van der Waals surface area contributed by atoms with Crippen molar-refractivity contribution in [3.8, 4) is 11.6 Å². The quantitative estimate of drug-likeness (QED) is 0.550. The molecule has 3 aromatic rings. The standard InChI is InChI=1S/C26H29FN4O/c1-19-5-7-20(8-6-19)17-30-16-13-24-23(18-30)25(32-22-11-9-21(27)10-12-22)29-26(28-24)31-14-3-2-4-15-31/h5-12H,2-4,13-18H2,1H3. The van der Waals surface area contributed by atoms with Gasteiger partial charge in [0.15, 0.2) is 0 Å². The highest BCUT2D eigenvalue weighted by Gasteiger charge is 2.26. The summed E-state index contributed by atoms with van der Waals surface area (Å²) in [5, 5.41) is 0. The lowest BCUT2D eigenvalue weighted by Gasteiger charge is -2.32. The van der Waals surface area contributed by atoms with Gasteiger partial charge in [-0.3, -0.25) is 4.90 Å².